The Morgan fingerprint density at radius 3 is 2.71 bits per heavy atom. The summed E-state index contributed by atoms with van der Waals surface area (Å²) in [5.74, 6) is -0.238. The van der Waals surface area contributed by atoms with Crippen LogP contribution in [0.2, 0.25) is 0 Å². The maximum absolute atomic E-state index is 13.1. The number of carbonyl (C=O) groups excluding carboxylic acids is 1. The van der Waals surface area contributed by atoms with Gasteiger partial charge in [0, 0.05) is 22.6 Å². The van der Waals surface area contributed by atoms with Crippen LogP contribution in [0.3, 0.4) is 0 Å². The molecule has 2 heterocycles. The normalized spacial score (nSPS) is 23.1. The number of fused-ring (bicyclic) bond motifs is 1. The minimum atomic E-state index is -0.485. The molecule has 0 bridgehead atoms. The average molecular weight is 477 g/mol. The SMILES string of the molecule is Nc1nc2c(s1)CCCC[C@H]2C(=O)Nc1ccc(C[C@@H]2CC[C@H]([C@H](O)c3ccccc3)N2)cc1. The van der Waals surface area contributed by atoms with E-state index in [4.69, 9.17) is 5.73 Å². The number of nitrogen functional groups attached to an aromatic ring is 1. The molecule has 2 aromatic carbocycles. The van der Waals surface area contributed by atoms with Crippen molar-refractivity contribution < 1.29 is 9.90 Å². The van der Waals surface area contributed by atoms with E-state index < -0.39 is 6.10 Å². The third-order valence-electron chi connectivity index (χ3n) is 7.04. The largest absolute Gasteiger partial charge is 0.387 e. The Kier molecular flexibility index (Phi) is 6.94. The fourth-order valence-electron chi connectivity index (χ4n) is 5.24. The maximum atomic E-state index is 13.1. The number of nitrogens with zero attached hydrogens (tertiary/aromatic N) is 1. The van der Waals surface area contributed by atoms with E-state index in [1.54, 1.807) is 0 Å². The van der Waals surface area contributed by atoms with Gasteiger partial charge in [0.15, 0.2) is 5.13 Å². The van der Waals surface area contributed by atoms with Crippen molar-refractivity contribution in [3.8, 4) is 0 Å². The molecule has 0 saturated carbocycles. The van der Waals surface area contributed by atoms with Crippen LogP contribution in [-0.4, -0.2) is 28.1 Å². The first kappa shape index (κ1) is 23.0. The Morgan fingerprint density at radius 2 is 1.91 bits per heavy atom. The number of thiazole rings is 1. The van der Waals surface area contributed by atoms with E-state index in [-0.39, 0.29) is 17.9 Å². The minimum Gasteiger partial charge on any atom is -0.387 e. The fraction of sp³-hybridized carbons (Fsp3) is 0.407. The van der Waals surface area contributed by atoms with E-state index in [9.17, 15) is 9.90 Å². The number of nitrogens with two attached hydrogens (primary N) is 1. The number of anilines is 2. The number of aromatic nitrogens is 1. The Balaban J connectivity index is 1.17. The molecule has 0 unspecified atom stereocenters. The molecule has 1 aliphatic carbocycles. The maximum Gasteiger partial charge on any atom is 0.233 e. The van der Waals surface area contributed by atoms with Crippen LogP contribution in [0, 0.1) is 0 Å². The lowest BCUT2D eigenvalue weighted by atomic mass is 9.99. The standard InChI is InChI=1S/C27H32N4O2S/c28-27-31-24-21(8-4-5-9-23(24)34-27)26(33)30-19-12-10-17(11-13-19)16-20-14-15-22(29-20)25(32)18-6-2-1-3-7-18/h1-3,6-7,10-13,20-22,25,29,32H,4-5,8-9,14-16H2,(H2,28,31)(H,30,33)/t20-,21+,22+,25+/m0/s1. The van der Waals surface area contributed by atoms with Crippen LogP contribution in [0.4, 0.5) is 10.8 Å². The van der Waals surface area contributed by atoms with Crippen molar-refractivity contribution in [1.29, 1.82) is 0 Å². The molecule has 5 rings (SSSR count). The topological polar surface area (TPSA) is 100 Å². The number of hydrogen-bond donors (Lipinski definition) is 4. The quantitative estimate of drug-likeness (QED) is 0.391. The number of aryl methyl sites for hydroxylation is 1. The number of rotatable bonds is 6. The zero-order valence-corrected chi connectivity index (χ0v) is 20.1. The highest BCUT2D eigenvalue weighted by atomic mass is 32.1. The molecule has 5 N–H and O–H groups in total. The van der Waals surface area contributed by atoms with Crippen molar-refractivity contribution in [3.63, 3.8) is 0 Å². The number of aliphatic hydroxyl groups excluding tert-OH is 1. The molecule has 1 aromatic heterocycles. The second-order valence-corrected chi connectivity index (χ2v) is 10.6. The van der Waals surface area contributed by atoms with Crippen LogP contribution >= 0.6 is 11.3 Å². The van der Waals surface area contributed by atoms with Crippen LogP contribution in [0.25, 0.3) is 0 Å². The van der Waals surface area contributed by atoms with Gasteiger partial charge in [0.25, 0.3) is 0 Å². The lowest BCUT2D eigenvalue weighted by Crippen LogP contribution is -2.35. The predicted octanol–water partition coefficient (Wildman–Crippen LogP) is 4.57. The smallest absolute Gasteiger partial charge is 0.233 e. The monoisotopic (exact) mass is 476 g/mol. The van der Waals surface area contributed by atoms with Gasteiger partial charge in [-0.1, -0.05) is 48.9 Å². The third-order valence-corrected chi connectivity index (χ3v) is 8.00. The molecule has 0 radical (unpaired) electrons. The summed E-state index contributed by atoms with van der Waals surface area (Å²) >= 11 is 1.51. The first-order valence-corrected chi connectivity index (χ1v) is 13.0. The summed E-state index contributed by atoms with van der Waals surface area (Å²) in [7, 11) is 0. The van der Waals surface area contributed by atoms with E-state index in [0.717, 1.165) is 66.8 Å². The van der Waals surface area contributed by atoms with Gasteiger partial charge in [0.1, 0.15) is 0 Å². The van der Waals surface area contributed by atoms with Crippen LogP contribution < -0.4 is 16.4 Å². The minimum absolute atomic E-state index is 0.00333. The molecular formula is C27H32N4O2S. The van der Waals surface area contributed by atoms with Gasteiger partial charge < -0.3 is 21.5 Å². The van der Waals surface area contributed by atoms with Gasteiger partial charge in [-0.2, -0.15) is 0 Å². The molecular weight excluding hydrogens is 444 g/mol. The average Bonchev–Trinajstić information content (AvgIpc) is 3.41. The molecule has 4 atom stereocenters. The fourth-order valence-corrected chi connectivity index (χ4v) is 6.18. The van der Waals surface area contributed by atoms with E-state index in [2.05, 4.69) is 27.8 Å². The van der Waals surface area contributed by atoms with Gasteiger partial charge in [-0.15, -0.1) is 11.3 Å². The van der Waals surface area contributed by atoms with Crippen molar-refractivity contribution >= 4 is 28.1 Å². The van der Waals surface area contributed by atoms with E-state index in [0.29, 0.717) is 11.2 Å². The number of benzene rings is 2. The number of carbonyl (C=O) groups is 1. The molecule has 34 heavy (non-hydrogen) atoms. The van der Waals surface area contributed by atoms with Crippen LogP contribution in [0.5, 0.6) is 0 Å². The summed E-state index contributed by atoms with van der Waals surface area (Å²) in [5, 5.41) is 17.9. The Morgan fingerprint density at radius 1 is 1.12 bits per heavy atom. The van der Waals surface area contributed by atoms with Gasteiger partial charge in [-0.05, 0) is 61.8 Å². The molecule has 3 aromatic rings. The lowest BCUT2D eigenvalue weighted by Gasteiger charge is -2.20. The summed E-state index contributed by atoms with van der Waals surface area (Å²) in [6.45, 7) is 0. The summed E-state index contributed by atoms with van der Waals surface area (Å²) < 4.78 is 0. The summed E-state index contributed by atoms with van der Waals surface area (Å²) in [4.78, 5) is 18.7. The van der Waals surface area contributed by atoms with Gasteiger partial charge in [-0.3, -0.25) is 4.79 Å². The highest BCUT2D eigenvalue weighted by Crippen LogP contribution is 2.35. The summed E-state index contributed by atoms with van der Waals surface area (Å²) in [6, 6.07) is 18.4. The molecule has 1 saturated heterocycles. The van der Waals surface area contributed by atoms with E-state index >= 15 is 0 Å². The molecule has 2 aliphatic rings. The molecule has 1 aliphatic heterocycles. The van der Waals surface area contributed by atoms with Crippen LogP contribution in [-0.2, 0) is 17.6 Å². The van der Waals surface area contributed by atoms with Crippen molar-refractivity contribution in [2.45, 2.75) is 69.1 Å². The Hall–Kier alpha value is -2.74. The number of nitrogens with one attached hydrogen (secondary N) is 2. The number of hydrogen-bond acceptors (Lipinski definition) is 6. The first-order valence-electron chi connectivity index (χ1n) is 12.2. The summed E-state index contributed by atoms with van der Waals surface area (Å²) in [5.41, 5.74) is 9.77. The van der Waals surface area contributed by atoms with Crippen LogP contribution in [0.15, 0.2) is 54.6 Å². The van der Waals surface area contributed by atoms with E-state index in [1.807, 2.05) is 42.5 Å². The molecule has 6 nitrogen and oxygen atoms in total. The molecule has 178 valence electrons. The van der Waals surface area contributed by atoms with Crippen molar-refractivity contribution in [3.05, 3.63) is 76.3 Å². The highest BCUT2D eigenvalue weighted by molar-refractivity contribution is 7.15. The highest BCUT2D eigenvalue weighted by Gasteiger charge is 2.30. The van der Waals surface area contributed by atoms with Crippen molar-refractivity contribution in [1.82, 2.24) is 10.3 Å². The Bertz CT molecular complexity index is 1120. The van der Waals surface area contributed by atoms with Gasteiger partial charge in [0.05, 0.1) is 17.7 Å². The van der Waals surface area contributed by atoms with E-state index in [1.165, 1.54) is 16.9 Å². The van der Waals surface area contributed by atoms with Gasteiger partial charge in [0.2, 0.25) is 5.91 Å². The summed E-state index contributed by atoms with van der Waals surface area (Å²) in [6.07, 6.45) is 6.27. The zero-order valence-electron chi connectivity index (χ0n) is 19.2. The predicted molar refractivity (Wildman–Crippen MR) is 137 cm³/mol. The lowest BCUT2D eigenvalue weighted by molar-refractivity contribution is -0.117. The van der Waals surface area contributed by atoms with Crippen molar-refractivity contribution in [2.75, 3.05) is 11.1 Å². The number of amides is 1. The zero-order chi connectivity index (χ0) is 23.5. The van der Waals surface area contributed by atoms with Gasteiger partial charge >= 0.3 is 0 Å². The Labute approximate surface area is 204 Å². The molecule has 1 fully saturated rings. The third kappa shape index (κ3) is 5.17. The number of aliphatic hydroxyl groups is 1. The molecule has 0 spiro atoms. The molecule has 7 heteroatoms. The second-order valence-electron chi connectivity index (χ2n) is 9.45. The van der Waals surface area contributed by atoms with Crippen LogP contribution in [0.1, 0.15) is 65.8 Å². The molecule has 1 amide bonds. The second kappa shape index (κ2) is 10.3. The first-order chi connectivity index (χ1) is 16.6. The van der Waals surface area contributed by atoms with Crippen molar-refractivity contribution in [2.24, 2.45) is 0 Å². The van der Waals surface area contributed by atoms with Gasteiger partial charge in [-0.25, -0.2) is 4.98 Å².